The Morgan fingerprint density at radius 2 is 1.80 bits per heavy atom. The number of aryl methyl sites for hydroxylation is 1. The van der Waals surface area contributed by atoms with Crippen LogP contribution in [0.15, 0.2) is 6.20 Å². The number of aromatic nitrogens is 1. The first-order chi connectivity index (χ1) is 6.75. The zero-order valence-corrected chi connectivity index (χ0v) is 7.37. The lowest BCUT2D eigenvalue weighted by Gasteiger charge is -2.14. The molecule has 1 rings (SSSR count). The molecule has 0 aliphatic rings. The third-order valence-electron chi connectivity index (χ3n) is 1.76. The Hall–Kier alpha value is -1.27. The van der Waals surface area contributed by atoms with E-state index < -0.39 is 35.2 Å². The molecule has 0 radical (unpaired) electrons. The SMILES string of the molecule is Cc1ncc(F)c(C(F)F)c1C(F)(F)F. The fourth-order valence-electron chi connectivity index (χ4n) is 1.17. The monoisotopic (exact) mass is 229 g/mol. The molecule has 0 bridgehead atoms. The first-order valence-corrected chi connectivity index (χ1v) is 3.75. The minimum absolute atomic E-state index is 0.353. The molecule has 0 saturated heterocycles. The van der Waals surface area contributed by atoms with E-state index in [9.17, 15) is 26.3 Å². The van der Waals surface area contributed by atoms with Crippen LogP contribution in [-0.2, 0) is 6.18 Å². The van der Waals surface area contributed by atoms with Crippen LogP contribution in [0.1, 0.15) is 23.2 Å². The van der Waals surface area contributed by atoms with Crippen LogP contribution in [0, 0.1) is 12.7 Å². The molecule has 0 atom stereocenters. The summed E-state index contributed by atoms with van der Waals surface area (Å²) >= 11 is 0. The van der Waals surface area contributed by atoms with Crippen molar-refractivity contribution >= 4 is 0 Å². The van der Waals surface area contributed by atoms with Gasteiger partial charge in [-0.3, -0.25) is 4.98 Å². The van der Waals surface area contributed by atoms with E-state index in [-0.39, 0.29) is 0 Å². The third-order valence-corrected chi connectivity index (χ3v) is 1.76. The van der Waals surface area contributed by atoms with Gasteiger partial charge >= 0.3 is 6.18 Å². The molecule has 0 spiro atoms. The van der Waals surface area contributed by atoms with Crippen LogP contribution in [-0.4, -0.2) is 4.98 Å². The minimum atomic E-state index is -5.04. The Bertz CT molecular complexity index is 370. The van der Waals surface area contributed by atoms with Gasteiger partial charge in [-0.05, 0) is 6.92 Å². The van der Waals surface area contributed by atoms with Crippen molar-refractivity contribution in [3.63, 3.8) is 0 Å². The van der Waals surface area contributed by atoms with Crippen LogP contribution in [0.5, 0.6) is 0 Å². The van der Waals surface area contributed by atoms with Crippen LogP contribution >= 0.6 is 0 Å². The third kappa shape index (κ3) is 2.21. The molecule has 0 saturated carbocycles. The minimum Gasteiger partial charge on any atom is -0.258 e. The zero-order valence-electron chi connectivity index (χ0n) is 7.37. The second kappa shape index (κ2) is 3.71. The average molecular weight is 229 g/mol. The van der Waals surface area contributed by atoms with Gasteiger partial charge < -0.3 is 0 Å². The fourth-order valence-corrected chi connectivity index (χ4v) is 1.17. The molecule has 7 heteroatoms. The largest absolute Gasteiger partial charge is 0.418 e. The highest BCUT2D eigenvalue weighted by molar-refractivity contribution is 5.34. The van der Waals surface area contributed by atoms with E-state index in [0.29, 0.717) is 6.20 Å². The maximum Gasteiger partial charge on any atom is 0.418 e. The van der Waals surface area contributed by atoms with Crippen molar-refractivity contribution in [2.24, 2.45) is 0 Å². The predicted octanol–water partition coefficient (Wildman–Crippen LogP) is 3.49. The van der Waals surface area contributed by atoms with E-state index in [4.69, 9.17) is 0 Å². The molecule has 84 valence electrons. The number of hydrogen-bond donors (Lipinski definition) is 0. The number of nitrogens with zero attached hydrogens (tertiary/aromatic N) is 1. The maximum absolute atomic E-state index is 12.8. The Balaban J connectivity index is 3.53. The summed E-state index contributed by atoms with van der Waals surface area (Å²) in [6.07, 6.45) is -8.21. The van der Waals surface area contributed by atoms with E-state index in [1.165, 1.54) is 0 Å². The Kier molecular flexibility index (Phi) is 2.92. The number of rotatable bonds is 1. The van der Waals surface area contributed by atoms with Gasteiger partial charge in [-0.2, -0.15) is 13.2 Å². The molecule has 0 aliphatic heterocycles. The fraction of sp³-hybridized carbons (Fsp3) is 0.375. The molecule has 1 aromatic rings. The molecule has 0 amide bonds. The number of hydrogen-bond acceptors (Lipinski definition) is 1. The molecule has 1 heterocycles. The lowest BCUT2D eigenvalue weighted by Crippen LogP contribution is -2.15. The van der Waals surface area contributed by atoms with Crippen molar-refractivity contribution in [3.05, 3.63) is 28.8 Å². The van der Waals surface area contributed by atoms with Gasteiger partial charge in [-0.15, -0.1) is 0 Å². The van der Waals surface area contributed by atoms with Crippen LogP contribution in [0.2, 0.25) is 0 Å². The summed E-state index contributed by atoms with van der Waals surface area (Å²) in [6, 6.07) is 0. The van der Waals surface area contributed by atoms with Gasteiger partial charge in [-0.1, -0.05) is 0 Å². The van der Waals surface area contributed by atoms with Crippen LogP contribution in [0.3, 0.4) is 0 Å². The molecule has 0 unspecified atom stereocenters. The number of pyridine rings is 1. The van der Waals surface area contributed by atoms with Gasteiger partial charge in [0.1, 0.15) is 0 Å². The Morgan fingerprint density at radius 3 is 2.13 bits per heavy atom. The molecule has 15 heavy (non-hydrogen) atoms. The summed E-state index contributed by atoms with van der Waals surface area (Å²) in [5.41, 5.74) is -4.01. The van der Waals surface area contributed by atoms with E-state index >= 15 is 0 Å². The Labute approximate surface area is 80.7 Å². The van der Waals surface area contributed by atoms with Gasteiger partial charge in [-0.25, -0.2) is 13.2 Å². The average Bonchev–Trinajstić information content (AvgIpc) is 2.05. The second-order valence-electron chi connectivity index (χ2n) is 2.78. The van der Waals surface area contributed by atoms with Crippen LogP contribution in [0.4, 0.5) is 26.3 Å². The lowest BCUT2D eigenvalue weighted by molar-refractivity contribution is -0.140. The van der Waals surface area contributed by atoms with Crippen molar-refractivity contribution in [2.75, 3.05) is 0 Å². The van der Waals surface area contributed by atoms with E-state index in [1.807, 2.05) is 0 Å². The van der Waals surface area contributed by atoms with Gasteiger partial charge in [0.25, 0.3) is 6.43 Å². The molecule has 1 aromatic heterocycles. The normalized spacial score (nSPS) is 12.3. The molecular formula is C8H5F6N. The van der Waals surface area contributed by atoms with Gasteiger partial charge in [0, 0.05) is 0 Å². The molecule has 0 aromatic carbocycles. The first-order valence-electron chi connectivity index (χ1n) is 3.75. The smallest absolute Gasteiger partial charge is 0.258 e. The zero-order chi connectivity index (χ0) is 11.8. The summed E-state index contributed by atoms with van der Waals surface area (Å²) in [7, 11) is 0. The molecule has 0 N–H and O–H groups in total. The lowest BCUT2D eigenvalue weighted by atomic mass is 10.1. The van der Waals surface area contributed by atoms with Crippen molar-refractivity contribution < 1.29 is 26.3 Å². The van der Waals surface area contributed by atoms with Gasteiger partial charge in [0.05, 0.1) is 23.0 Å². The maximum atomic E-state index is 12.8. The molecule has 0 aliphatic carbocycles. The summed E-state index contributed by atoms with van der Waals surface area (Å²) in [6.45, 7) is 0.897. The van der Waals surface area contributed by atoms with Gasteiger partial charge in [0.2, 0.25) is 0 Å². The highest BCUT2D eigenvalue weighted by atomic mass is 19.4. The van der Waals surface area contributed by atoms with Crippen LogP contribution in [0.25, 0.3) is 0 Å². The van der Waals surface area contributed by atoms with Gasteiger partial charge in [0.15, 0.2) is 5.82 Å². The second-order valence-corrected chi connectivity index (χ2v) is 2.78. The highest BCUT2D eigenvalue weighted by Crippen LogP contribution is 2.38. The molecule has 1 nitrogen and oxygen atoms in total. The summed E-state index contributed by atoms with van der Waals surface area (Å²) in [5.74, 6) is -1.65. The topological polar surface area (TPSA) is 12.9 Å². The first kappa shape index (κ1) is 11.8. The van der Waals surface area contributed by atoms with Crippen molar-refractivity contribution in [3.8, 4) is 0 Å². The van der Waals surface area contributed by atoms with Crippen LogP contribution < -0.4 is 0 Å². The van der Waals surface area contributed by atoms with E-state index in [2.05, 4.69) is 4.98 Å². The van der Waals surface area contributed by atoms with E-state index in [1.54, 1.807) is 0 Å². The molecular weight excluding hydrogens is 224 g/mol. The number of halogens is 6. The summed E-state index contributed by atoms with van der Waals surface area (Å²) in [4.78, 5) is 3.06. The Morgan fingerprint density at radius 1 is 1.27 bits per heavy atom. The van der Waals surface area contributed by atoms with Crippen molar-refractivity contribution in [1.82, 2.24) is 4.98 Å². The standard InChI is InChI=1S/C8H5F6N/c1-3-6(8(12,13)14)5(7(10)11)4(9)2-15-3/h2,7H,1H3. The summed E-state index contributed by atoms with van der Waals surface area (Å²) < 4.78 is 74.2. The molecule has 0 fully saturated rings. The van der Waals surface area contributed by atoms with Crippen molar-refractivity contribution in [2.45, 2.75) is 19.5 Å². The summed E-state index contributed by atoms with van der Waals surface area (Å²) in [5, 5.41) is 0. The number of alkyl halides is 5. The predicted molar refractivity (Wildman–Crippen MR) is 38.9 cm³/mol. The van der Waals surface area contributed by atoms with Crippen molar-refractivity contribution in [1.29, 1.82) is 0 Å². The highest BCUT2D eigenvalue weighted by Gasteiger charge is 2.39. The van der Waals surface area contributed by atoms with E-state index in [0.717, 1.165) is 6.92 Å². The quantitative estimate of drug-likeness (QED) is 0.671.